The molecule has 28 heavy (non-hydrogen) atoms. The first-order valence-electron chi connectivity index (χ1n) is 9.49. The van der Waals surface area contributed by atoms with Crippen molar-refractivity contribution in [2.24, 2.45) is 10.7 Å². The zero-order valence-corrected chi connectivity index (χ0v) is 18.8. The highest BCUT2D eigenvalue weighted by molar-refractivity contribution is 14.0. The Morgan fingerprint density at radius 3 is 2.82 bits per heavy atom. The van der Waals surface area contributed by atoms with Gasteiger partial charge in [-0.25, -0.2) is 4.99 Å². The van der Waals surface area contributed by atoms with Crippen molar-refractivity contribution in [1.82, 2.24) is 15.5 Å². The average Bonchev–Trinajstić information content (AvgIpc) is 2.69. The fraction of sp³-hybridized carbons (Fsp3) is 0.579. The molecule has 1 amide bonds. The molecule has 0 unspecified atom stereocenters. The Morgan fingerprint density at radius 1 is 1.32 bits per heavy atom. The third-order valence-electron chi connectivity index (χ3n) is 4.09. The van der Waals surface area contributed by atoms with E-state index in [4.69, 9.17) is 15.2 Å². The lowest BCUT2D eigenvalue weighted by molar-refractivity contribution is -0.119. The summed E-state index contributed by atoms with van der Waals surface area (Å²) in [4.78, 5) is 17.9. The number of nitrogens with one attached hydrogen (secondary N) is 2. The van der Waals surface area contributed by atoms with Crippen LogP contribution in [0.4, 0.5) is 0 Å². The third-order valence-corrected chi connectivity index (χ3v) is 4.09. The number of hydrogen-bond acceptors (Lipinski definition) is 5. The van der Waals surface area contributed by atoms with Crippen molar-refractivity contribution < 1.29 is 14.3 Å². The summed E-state index contributed by atoms with van der Waals surface area (Å²) in [5, 5.41) is 6.63. The summed E-state index contributed by atoms with van der Waals surface area (Å²) in [6, 6.07) is 7.52. The van der Waals surface area contributed by atoms with Crippen LogP contribution in [0.15, 0.2) is 29.3 Å². The summed E-state index contributed by atoms with van der Waals surface area (Å²) in [5.41, 5.74) is 6.11. The van der Waals surface area contributed by atoms with Crippen LogP contribution in [-0.2, 0) is 16.1 Å². The zero-order valence-electron chi connectivity index (χ0n) is 16.5. The Labute approximate surface area is 184 Å². The van der Waals surface area contributed by atoms with E-state index in [9.17, 15) is 4.79 Å². The van der Waals surface area contributed by atoms with Crippen LogP contribution < -0.4 is 21.1 Å². The minimum absolute atomic E-state index is 0. The Balaban J connectivity index is 0.00000392. The lowest BCUT2D eigenvalue weighted by Crippen LogP contribution is -2.40. The van der Waals surface area contributed by atoms with E-state index in [2.05, 4.69) is 20.5 Å². The van der Waals surface area contributed by atoms with Crippen molar-refractivity contribution >= 4 is 35.8 Å². The molecule has 1 heterocycles. The second kappa shape index (κ2) is 14.4. The van der Waals surface area contributed by atoms with Gasteiger partial charge in [-0.2, -0.15) is 0 Å². The predicted molar refractivity (Wildman–Crippen MR) is 121 cm³/mol. The normalized spacial score (nSPS) is 14.8. The molecule has 9 heteroatoms. The molecule has 1 saturated heterocycles. The van der Waals surface area contributed by atoms with Crippen molar-refractivity contribution in [1.29, 1.82) is 0 Å². The molecule has 1 aromatic rings. The number of primary amides is 1. The minimum atomic E-state index is -0.492. The van der Waals surface area contributed by atoms with Crippen LogP contribution in [0.3, 0.4) is 0 Å². The smallest absolute Gasteiger partial charge is 0.255 e. The molecule has 1 aliphatic rings. The van der Waals surface area contributed by atoms with E-state index >= 15 is 0 Å². The van der Waals surface area contributed by atoms with E-state index in [1.165, 1.54) is 0 Å². The van der Waals surface area contributed by atoms with Gasteiger partial charge in [0.2, 0.25) is 0 Å². The van der Waals surface area contributed by atoms with Gasteiger partial charge in [0, 0.05) is 26.2 Å². The maximum absolute atomic E-state index is 10.8. The molecule has 8 nitrogen and oxygen atoms in total. The Kier molecular flexibility index (Phi) is 12.6. The molecule has 0 atom stereocenters. The number of nitrogens with two attached hydrogens (primary N) is 1. The van der Waals surface area contributed by atoms with E-state index in [1.54, 1.807) is 6.07 Å². The van der Waals surface area contributed by atoms with Crippen LogP contribution in [0.2, 0.25) is 0 Å². The molecule has 0 radical (unpaired) electrons. The number of halogens is 1. The number of morpholine rings is 1. The molecule has 0 aliphatic carbocycles. The summed E-state index contributed by atoms with van der Waals surface area (Å²) in [6.45, 7) is 8.87. The lowest BCUT2D eigenvalue weighted by Gasteiger charge is -2.26. The molecule has 2 rings (SSSR count). The van der Waals surface area contributed by atoms with E-state index in [0.29, 0.717) is 12.3 Å². The molecule has 0 saturated carbocycles. The maximum atomic E-state index is 10.8. The van der Waals surface area contributed by atoms with Gasteiger partial charge in [-0.3, -0.25) is 9.69 Å². The Morgan fingerprint density at radius 2 is 2.11 bits per heavy atom. The summed E-state index contributed by atoms with van der Waals surface area (Å²) in [7, 11) is 0. The largest absolute Gasteiger partial charge is 0.484 e. The highest BCUT2D eigenvalue weighted by Crippen LogP contribution is 2.13. The van der Waals surface area contributed by atoms with Crippen molar-refractivity contribution in [3.8, 4) is 5.75 Å². The van der Waals surface area contributed by atoms with Crippen molar-refractivity contribution in [3.05, 3.63) is 29.8 Å². The highest BCUT2D eigenvalue weighted by atomic mass is 127. The first-order valence-corrected chi connectivity index (χ1v) is 9.49. The summed E-state index contributed by atoms with van der Waals surface area (Å²) >= 11 is 0. The number of carbonyl (C=O) groups is 1. The van der Waals surface area contributed by atoms with Gasteiger partial charge >= 0.3 is 0 Å². The van der Waals surface area contributed by atoms with Gasteiger partial charge in [0.1, 0.15) is 5.75 Å². The summed E-state index contributed by atoms with van der Waals surface area (Å²) in [6.07, 6.45) is 1.06. The number of nitrogens with zero attached hydrogens (tertiary/aromatic N) is 2. The van der Waals surface area contributed by atoms with Crippen molar-refractivity contribution in [2.45, 2.75) is 19.9 Å². The molecule has 0 bridgehead atoms. The number of hydrogen-bond donors (Lipinski definition) is 3. The maximum Gasteiger partial charge on any atom is 0.255 e. The highest BCUT2D eigenvalue weighted by Gasteiger charge is 2.09. The van der Waals surface area contributed by atoms with Gasteiger partial charge in [-0.1, -0.05) is 12.1 Å². The number of rotatable bonds is 10. The number of amides is 1. The molecule has 0 aromatic heterocycles. The first-order chi connectivity index (χ1) is 13.2. The van der Waals surface area contributed by atoms with Crippen molar-refractivity contribution in [2.75, 3.05) is 52.5 Å². The number of guanidine groups is 1. The standard InChI is InChI=1S/C19H31N5O3.HI/c1-2-21-19(22-7-4-8-24-9-11-26-12-10-24)23-14-16-5-3-6-17(13-16)27-15-18(20)25;/h3,5-6,13H,2,4,7-12,14-15H2,1H3,(H2,20,25)(H2,21,22,23);1H. The summed E-state index contributed by atoms with van der Waals surface area (Å²) < 4.78 is 10.7. The van der Waals surface area contributed by atoms with E-state index in [-0.39, 0.29) is 30.6 Å². The molecule has 1 aliphatic heterocycles. The van der Waals surface area contributed by atoms with Gasteiger partial charge in [0.05, 0.1) is 19.8 Å². The fourth-order valence-electron chi connectivity index (χ4n) is 2.73. The van der Waals surface area contributed by atoms with Gasteiger partial charge in [0.25, 0.3) is 5.91 Å². The predicted octanol–water partition coefficient (Wildman–Crippen LogP) is 0.946. The average molecular weight is 505 g/mol. The molecule has 1 aromatic carbocycles. The van der Waals surface area contributed by atoms with Gasteiger partial charge < -0.3 is 25.8 Å². The Bertz CT molecular complexity index is 609. The number of ether oxygens (including phenoxy) is 2. The topological polar surface area (TPSA) is 101 Å². The fourth-order valence-corrected chi connectivity index (χ4v) is 2.73. The lowest BCUT2D eigenvalue weighted by atomic mass is 10.2. The second-order valence-electron chi connectivity index (χ2n) is 6.33. The van der Waals surface area contributed by atoms with Gasteiger partial charge in [-0.15, -0.1) is 24.0 Å². The van der Waals surface area contributed by atoms with Crippen LogP contribution >= 0.6 is 24.0 Å². The van der Waals surface area contributed by atoms with Gasteiger partial charge in [0.15, 0.2) is 12.6 Å². The van der Waals surface area contributed by atoms with E-state index < -0.39 is 5.91 Å². The first kappa shape index (κ1) is 24.4. The molecular formula is C19H32IN5O3. The minimum Gasteiger partial charge on any atom is -0.484 e. The van der Waals surface area contributed by atoms with Crippen molar-refractivity contribution in [3.63, 3.8) is 0 Å². The van der Waals surface area contributed by atoms with Crippen LogP contribution in [0, 0.1) is 0 Å². The zero-order chi connectivity index (χ0) is 19.3. The van der Waals surface area contributed by atoms with E-state index in [1.807, 2.05) is 25.1 Å². The van der Waals surface area contributed by atoms with Gasteiger partial charge in [-0.05, 0) is 37.6 Å². The van der Waals surface area contributed by atoms with Crippen LogP contribution in [0.25, 0.3) is 0 Å². The number of aliphatic imine (C=N–C) groups is 1. The molecule has 158 valence electrons. The third kappa shape index (κ3) is 10.1. The monoisotopic (exact) mass is 505 g/mol. The van der Waals surface area contributed by atoms with E-state index in [0.717, 1.165) is 63.9 Å². The quantitative estimate of drug-likeness (QED) is 0.190. The molecule has 4 N–H and O–H groups in total. The summed E-state index contributed by atoms with van der Waals surface area (Å²) in [5.74, 6) is 0.919. The second-order valence-corrected chi connectivity index (χ2v) is 6.33. The Hall–Kier alpha value is -1.59. The van der Waals surface area contributed by atoms with Crippen LogP contribution in [0.1, 0.15) is 18.9 Å². The molecule has 0 spiro atoms. The molecule has 1 fully saturated rings. The van der Waals surface area contributed by atoms with Crippen LogP contribution in [-0.4, -0.2) is 69.3 Å². The molecular weight excluding hydrogens is 473 g/mol. The number of carbonyl (C=O) groups excluding carboxylic acids is 1. The SMILES string of the molecule is CCNC(=NCc1cccc(OCC(N)=O)c1)NCCCN1CCOCC1.I. The number of benzene rings is 1. The van der Waals surface area contributed by atoms with Crippen LogP contribution in [0.5, 0.6) is 5.75 Å².